The third-order valence-electron chi connectivity index (χ3n) is 4.08. The number of hydrogen-bond acceptors (Lipinski definition) is 3. The van der Waals surface area contributed by atoms with E-state index < -0.39 is 17.7 Å². The number of carbonyl (C=O) groups excluding carboxylic acids is 1. The Morgan fingerprint density at radius 2 is 2.00 bits per heavy atom. The highest BCUT2D eigenvalue weighted by Crippen LogP contribution is 2.25. The second kappa shape index (κ2) is 5.55. The van der Waals surface area contributed by atoms with Crippen molar-refractivity contribution in [3.05, 3.63) is 53.4 Å². The molecule has 0 fully saturated rings. The molecule has 0 unspecified atom stereocenters. The number of fused-ring (bicyclic) bond motifs is 3. The number of amides is 2. The molecule has 0 saturated heterocycles. The maximum Gasteiger partial charge on any atom is 0.322 e. The molecule has 0 radical (unpaired) electrons. The predicted molar refractivity (Wildman–Crippen MR) is 83.4 cm³/mol. The Kier molecular flexibility index (Phi) is 3.37. The molecule has 1 aliphatic heterocycles. The first kappa shape index (κ1) is 14.6. The van der Waals surface area contributed by atoms with Crippen molar-refractivity contribution in [2.24, 2.45) is 0 Å². The Bertz CT molecular complexity index is 919. The van der Waals surface area contributed by atoms with Gasteiger partial charge in [0.1, 0.15) is 11.6 Å². The van der Waals surface area contributed by atoms with E-state index in [1.54, 1.807) is 17.3 Å². The van der Waals surface area contributed by atoms with Crippen LogP contribution in [0.5, 0.6) is 0 Å². The van der Waals surface area contributed by atoms with Crippen LogP contribution >= 0.6 is 0 Å². The molecular formula is C16H13F2N5O. The molecule has 2 amide bonds. The average Bonchev–Trinajstić information content (AvgIpc) is 3.02. The molecule has 4 rings (SSSR count). The summed E-state index contributed by atoms with van der Waals surface area (Å²) >= 11 is 0. The summed E-state index contributed by atoms with van der Waals surface area (Å²) in [4.78, 5) is 18.2. The summed E-state index contributed by atoms with van der Waals surface area (Å²) in [5.74, 6) is -1.47. The lowest BCUT2D eigenvalue weighted by Gasteiger charge is -2.29. The lowest BCUT2D eigenvalue weighted by molar-refractivity contribution is 0.206. The molecule has 24 heavy (non-hydrogen) atoms. The van der Waals surface area contributed by atoms with Crippen molar-refractivity contribution in [3.63, 3.8) is 0 Å². The fourth-order valence-corrected chi connectivity index (χ4v) is 2.96. The van der Waals surface area contributed by atoms with Gasteiger partial charge in [-0.3, -0.25) is 5.10 Å². The van der Waals surface area contributed by atoms with E-state index in [-0.39, 0.29) is 5.69 Å². The van der Waals surface area contributed by atoms with E-state index in [0.29, 0.717) is 19.5 Å². The Morgan fingerprint density at radius 3 is 2.79 bits per heavy atom. The number of nitrogens with zero attached hydrogens (tertiary/aromatic N) is 3. The monoisotopic (exact) mass is 329 g/mol. The predicted octanol–water partition coefficient (Wildman–Crippen LogP) is 2.83. The maximum absolute atomic E-state index is 13.2. The Morgan fingerprint density at radius 1 is 1.21 bits per heavy atom. The van der Waals surface area contributed by atoms with Crippen LogP contribution in [0.4, 0.5) is 19.3 Å². The molecule has 0 atom stereocenters. The van der Waals surface area contributed by atoms with E-state index >= 15 is 0 Å². The van der Waals surface area contributed by atoms with Crippen molar-refractivity contribution in [1.29, 1.82) is 0 Å². The van der Waals surface area contributed by atoms with E-state index in [1.807, 2.05) is 0 Å². The van der Waals surface area contributed by atoms with Crippen LogP contribution in [0.2, 0.25) is 0 Å². The van der Waals surface area contributed by atoms with Gasteiger partial charge in [0.05, 0.1) is 6.20 Å². The fourth-order valence-electron chi connectivity index (χ4n) is 2.96. The number of urea groups is 1. The zero-order valence-corrected chi connectivity index (χ0v) is 12.5. The van der Waals surface area contributed by atoms with Crippen molar-refractivity contribution < 1.29 is 13.6 Å². The smallest absolute Gasteiger partial charge is 0.320 e. The molecule has 1 aromatic carbocycles. The van der Waals surface area contributed by atoms with Crippen LogP contribution in [-0.4, -0.2) is 32.7 Å². The van der Waals surface area contributed by atoms with Gasteiger partial charge in [-0.25, -0.2) is 18.6 Å². The molecule has 0 saturated carbocycles. The number of carbonyl (C=O) groups is 1. The minimum Gasteiger partial charge on any atom is -0.320 e. The summed E-state index contributed by atoms with van der Waals surface area (Å²) < 4.78 is 26.4. The van der Waals surface area contributed by atoms with Gasteiger partial charge in [0.15, 0.2) is 5.65 Å². The standard InChI is InChI=1S/C16H13F2N5O/c17-10-3-11(18)5-12(4-10)21-16(24)23-2-1-13-9(8-23)6-19-15-14(13)7-20-22-15/h3-7H,1-2,8H2,(H,21,24)(H,19,20,22). The van der Waals surface area contributed by atoms with Crippen LogP contribution in [0.15, 0.2) is 30.6 Å². The molecule has 0 spiro atoms. The summed E-state index contributed by atoms with van der Waals surface area (Å²) in [5.41, 5.74) is 2.87. The van der Waals surface area contributed by atoms with Crippen molar-refractivity contribution in [2.75, 3.05) is 11.9 Å². The van der Waals surface area contributed by atoms with Gasteiger partial charge in [-0.2, -0.15) is 5.10 Å². The molecule has 3 heterocycles. The third-order valence-corrected chi connectivity index (χ3v) is 4.08. The number of pyridine rings is 1. The highest BCUT2D eigenvalue weighted by atomic mass is 19.1. The highest BCUT2D eigenvalue weighted by Gasteiger charge is 2.23. The highest BCUT2D eigenvalue weighted by molar-refractivity contribution is 5.90. The molecule has 8 heteroatoms. The van der Waals surface area contributed by atoms with Crippen molar-refractivity contribution >= 4 is 22.8 Å². The number of aromatic nitrogens is 3. The molecule has 6 nitrogen and oxygen atoms in total. The van der Waals surface area contributed by atoms with Gasteiger partial charge in [-0.1, -0.05) is 0 Å². The number of rotatable bonds is 1. The van der Waals surface area contributed by atoms with Crippen LogP contribution in [0.1, 0.15) is 11.1 Å². The summed E-state index contributed by atoms with van der Waals surface area (Å²) in [6, 6.07) is 2.51. The van der Waals surface area contributed by atoms with E-state index in [0.717, 1.165) is 40.4 Å². The number of nitrogens with one attached hydrogen (secondary N) is 2. The summed E-state index contributed by atoms with van der Waals surface area (Å²) in [5, 5.41) is 10.3. The molecule has 1 aliphatic rings. The van der Waals surface area contributed by atoms with Gasteiger partial charge in [0.2, 0.25) is 0 Å². The number of aromatic amines is 1. The number of anilines is 1. The molecule has 3 aromatic rings. The second-order valence-corrected chi connectivity index (χ2v) is 5.65. The van der Waals surface area contributed by atoms with E-state index in [2.05, 4.69) is 20.5 Å². The van der Waals surface area contributed by atoms with Crippen molar-refractivity contribution in [3.8, 4) is 0 Å². The third kappa shape index (κ3) is 2.55. The van der Waals surface area contributed by atoms with Crippen LogP contribution in [0.3, 0.4) is 0 Å². The van der Waals surface area contributed by atoms with Gasteiger partial charge >= 0.3 is 6.03 Å². The molecule has 0 aliphatic carbocycles. The number of benzene rings is 1. The number of hydrogen-bond donors (Lipinski definition) is 2. The first-order chi connectivity index (χ1) is 11.6. The average molecular weight is 329 g/mol. The zero-order valence-electron chi connectivity index (χ0n) is 12.5. The lowest BCUT2D eigenvalue weighted by Crippen LogP contribution is -2.39. The summed E-state index contributed by atoms with van der Waals surface area (Å²) in [6.45, 7) is 0.883. The SMILES string of the molecule is O=C(Nc1cc(F)cc(F)c1)N1CCc2c(cnc3[nH]ncc23)C1. The fraction of sp³-hybridized carbons (Fsp3) is 0.188. The largest absolute Gasteiger partial charge is 0.322 e. The topological polar surface area (TPSA) is 73.9 Å². The molecule has 2 N–H and O–H groups in total. The quantitative estimate of drug-likeness (QED) is 0.721. The lowest BCUT2D eigenvalue weighted by atomic mass is 9.99. The minimum atomic E-state index is -0.735. The number of H-pyrrole nitrogens is 1. The van der Waals surface area contributed by atoms with Crippen LogP contribution in [-0.2, 0) is 13.0 Å². The Hall–Kier alpha value is -3.03. The Balaban J connectivity index is 1.54. The van der Waals surface area contributed by atoms with Crippen molar-refractivity contribution in [1.82, 2.24) is 20.1 Å². The van der Waals surface area contributed by atoms with E-state index in [9.17, 15) is 13.6 Å². The van der Waals surface area contributed by atoms with Gasteiger partial charge in [-0.05, 0) is 29.7 Å². The maximum atomic E-state index is 13.2. The second-order valence-electron chi connectivity index (χ2n) is 5.65. The van der Waals surface area contributed by atoms with Gasteiger partial charge in [0, 0.05) is 36.4 Å². The van der Waals surface area contributed by atoms with E-state index in [1.165, 1.54) is 0 Å². The van der Waals surface area contributed by atoms with Gasteiger partial charge in [-0.15, -0.1) is 0 Å². The first-order valence-electron chi connectivity index (χ1n) is 7.42. The zero-order chi connectivity index (χ0) is 16.7. The summed E-state index contributed by atoms with van der Waals surface area (Å²) in [7, 11) is 0. The first-order valence-corrected chi connectivity index (χ1v) is 7.42. The van der Waals surface area contributed by atoms with Crippen LogP contribution in [0.25, 0.3) is 11.0 Å². The number of halogens is 2. The molecule has 2 aromatic heterocycles. The van der Waals surface area contributed by atoms with Gasteiger partial charge in [0.25, 0.3) is 0 Å². The van der Waals surface area contributed by atoms with Crippen LogP contribution < -0.4 is 5.32 Å². The minimum absolute atomic E-state index is 0.0895. The Labute approximate surface area is 135 Å². The van der Waals surface area contributed by atoms with Gasteiger partial charge < -0.3 is 10.2 Å². The normalized spacial score (nSPS) is 13.8. The summed E-state index contributed by atoms with van der Waals surface area (Å²) in [6.07, 6.45) is 4.11. The molecular weight excluding hydrogens is 316 g/mol. The molecule has 0 bridgehead atoms. The molecule has 122 valence electrons. The van der Waals surface area contributed by atoms with Crippen molar-refractivity contribution in [2.45, 2.75) is 13.0 Å². The van der Waals surface area contributed by atoms with E-state index in [4.69, 9.17) is 0 Å². The van der Waals surface area contributed by atoms with Crippen LogP contribution in [0, 0.1) is 11.6 Å².